The fourth-order valence-electron chi connectivity index (χ4n) is 2.84. The third-order valence-electron chi connectivity index (χ3n) is 3.84. The lowest BCUT2D eigenvalue weighted by Crippen LogP contribution is -2.08. The summed E-state index contributed by atoms with van der Waals surface area (Å²) in [7, 11) is 1.70. The first kappa shape index (κ1) is 12.2. The highest BCUT2D eigenvalue weighted by atomic mass is 16.5. The standard InChI is InChI=1S/C17H18O2/c1-19-17-8-3-2-6-15(17)13-9-10-14-12(11-13)5-4-7-16(14)18/h2-3,6,8-11,16,18H,4-5,7H2,1H3. The highest BCUT2D eigenvalue weighted by Gasteiger charge is 2.18. The first-order chi connectivity index (χ1) is 9.29. The first-order valence-electron chi connectivity index (χ1n) is 6.74. The molecule has 0 fully saturated rings. The van der Waals surface area contributed by atoms with Crippen LogP contribution < -0.4 is 4.74 Å². The van der Waals surface area contributed by atoms with Gasteiger partial charge in [0, 0.05) is 5.56 Å². The number of aryl methyl sites for hydroxylation is 1. The van der Waals surface area contributed by atoms with E-state index < -0.39 is 0 Å². The van der Waals surface area contributed by atoms with Gasteiger partial charge in [-0.1, -0.05) is 36.4 Å². The van der Waals surface area contributed by atoms with Gasteiger partial charge in [0.05, 0.1) is 13.2 Å². The highest BCUT2D eigenvalue weighted by Crippen LogP contribution is 2.35. The molecular formula is C17H18O2. The molecule has 0 aromatic heterocycles. The number of benzene rings is 2. The average molecular weight is 254 g/mol. The van der Waals surface area contributed by atoms with Crippen molar-refractivity contribution in [1.29, 1.82) is 0 Å². The van der Waals surface area contributed by atoms with Crippen molar-refractivity contribution >= 4 is 0 Å². The van der Waals surface area contributed by atoms with Gasteiger partial charge in [-0.15, -0.1) is 0 Å². The predicted molar refractivity (Wildman–Crippen MR) is 76.3 cm³/mol. The van der Waals surface area contributed by atoms with Gasteiger partial charge in [0.2, 0.25) is 0 Å². The number of para-hydroxylation sites is 1. The van der Waals surface area contributed by atoms with E-state index in [9.17, 15) is 5.11 Å². The van der Waals surface area contributed by atoms with Crippen molar-refractivity contribution in [1.82, 2.24) is 0 Å². The topological polar surface area (TPSA) is 29.5 Å². The third kappa shape index (κ3) is 2.24. The maximum Gasteiger partial charge on any atom is 0.126 e. The Morgan fingerprint density at radius 3 is 2.84 bits per heavy atom. The molecule has 0 spiro atoms. The van der Waals surface area contributed by atoms with Crippen LogP contribution in [0.4, 0.5) is 0 Å². The molecule has 1 N–H and O–H groups in total. The molecule has 0 aliphatic heterocycles. The third-order valence-corrected chi connectivity index (χ3v) is 3.84. The zero-order chi connectivity index (χ0) is 13.2. The maximum absolute atomic E-state index is 10.00. The van der Waals surface area contributed by atoms with E-state index in [1.54, 1.807) is 7.11 Å². The molecule has 3 rings (SSSR count). The van der Waals surface area contributed by atoms with Gasteiger partial charge in [-0.3, -0.25) is 0 Å². The van der Waals surface area contributed by atoms with Crippen molar-refractivity contribution < 1.29 is 9.84 Å². The fourth-order valence-corrected chi connectivity index (χ4v) is 2.84. The van der Waals surface area contributed by atoms with Gasteiger partial charge < -0.3 is 9.84 Å². The summed E-state index contributed by atoms with van der Waals surface area (Å²) in [5.41, 5.74) is 4.62. The van der Waals surface area contributed by atoms with E-state index in [1.165, 1.54) is 5.56 Å². The van der Waals surface area contributed by atoms with Crippen molar-refractivity contribution in [2.75, 3.05) is 7.11 Å². The second-order valence-corrected chi connectivity index (χ2v) is 5.02. The van der Waals surface area contributed by atoms with Gasteiger partial charge in [-0.2, -0.15) is 0 Å². The Morgan fingerprint density at radius 1 is 1.16 bits per heavy atom. The smallest absolute Gasteiger partial charge is 0.126 e. The molecular weight excluding hydrogens is 236 g/mol. The normalized spacial score (nSPS) is 17.9. The Labute approximate surface area is 113 Å². The van der Waals surface area contributed by atoms with Crippen LogP contribution in [0.5, 0.6) is 5.75 Å². The predicted octanol–water partition coefficient (Wildman–Crippen LogP) is 3.73. The molecule has 0 heterocycles. The first-order valence-corrected chi connectivity index (χ1v) is 6.74. The van der Waals surface area contributed by atoms with Crippen LogP contribution in [0, 0.1) is 0 Å². The van der Waals surface area contributed by atoms with Crippen LogP contribution in [-0.4, -0.2) is 12.2 Å². The van der Waals surface area contributed by atoms with Gasteiger partial charge in [0.25, 0.3) is 0 Å². The number of rotatable bonds is 2. The van der Waals surface area contributed by atoms with Crippen LogP contribution in [0.3, 0.4) is 0 Å². The van der Waals surface area contributed by atoms with Crippen LogP contribution in [0.2, 0.25) is 0 Å². The van der Waals surface area contributed by atoms with Crippen LogP contribution in [0.1, 0.15) is 30.1 Å². The second-order valence-electron chi connectivity index (χ2n) is 5.02. The lowest BCUT2D eigenvalue weighted by atomic mass is 9.87. The molecule has 2 nitrogen and oxygen atoms in total. The summed E-state index contributed by atoms with van der Waals surface area (Å²) in [6.45, 7) is 0. The molecule has 0 saturated heterocycles. The molecule has 2 aromatic carbocycles. The summed E-state index contributed by atoms with van der Waals surface area (Å²) in [5, 5.41) is 10.00. The minimum atomic E-state index is -0.296. The molecule has 98 valence electrons. The lowest BCUT2D eigenvalue weighted by molar-refractivity contribution is 0.156. The number of hydrogen-bond acceptors (Lipinski definition) is 2. The van der Waals surface area contributed by atoms with E-state index in [2.05, 4.69) is 24.3 Å². The number of aliphatic hydroxyl groups excluding tert-OH is 1. The Hall–Kier alpha value is -1.80. The summed E-state index contributed by atoms with van der Waals surface area (Å²) in [6.07, 6.45) is 2.69. The summed E-state index contributed by atoms with van der Waals surface area (Å²) in [4.78, 5) is 0. The lowest BCUT2D eigenvalue weighted by Gasteiger charge is -2.22. The quantitative estimate of drug-likeness (QED) is 0.884. The van der Waals surface area contributed by atoms with Crippen molar-refractivity contribution in [3.63, 3.8) is 0 Å². The van der Waals surface area contributed by atoms with Gasteiger partial charge in [0.15, 0.2) is 0 Å². The van der Waals surface area contributed by atoms with Crippen LogP contribution in [0.15, 0.2) is 42.5 Å². The number of aliphatic hydroxyl groups is 1. The zero-order valence-corrected chi connectivity index (χ0v) is 11.1. The number of ether oxygens (including phenoxy) is 1. The van der Waals surface area contributed by atoms with Gasteiger partial charge in [-0.05, 0) is 42.0 Å². The summed E-state index contributed by atoms with van der Waals surface area (Å²) >= 11 is 0. The van der Waals surface area contributed by atoms with Gasteiger partial charge in [-0.25, -0.2) is 0 Å². The molecule has 0 radical (unpaired) electrons. The Kier molecular flexibility index (Phi) is 3.26. The molecule has 2 heteroatoms. The molecule has 0 saturated carbocycles. The van der Waals surface area contributed by atoms with Crippen molar-refractivity contribution in [3.05, 3.63) is 53.6 Å². The number of fused-ring (bicyclic) bond motifs is 1. The molecule has 19 heavy (non-hydrogen) atoms. The Morgan fingerprint density at radius 2 is 2.00 bits per heavy atom. The zero-order valence-electron chi connectivity index (χ0n) is 11.1. The minimum Gasteiger partial charge on any atom is -0.496 e. The van der Waals surface area contributed by atoms with E-state index in [-0.39, 0.29) is 6.10 Å². The summed E-state index contributed by atoms with van der Waals surface area (Å²) < 4.78 is 5.42. The van der Waals surface area contributed by atoms with E-state index in [1.807, 2.05) is 18.2 Å². The van der Waals surface area contributed by atoms with Crippen molar-refractivity contribution in [2.24, 2.45) is 0 Å². The van der Waals surface area contributed by atoms with E-state index >= 15 is 0 Å². The van der Waals surface area contributed by atoms with Crippen LogP contribution >= 0.6 is 0 Å². The molecule has 0 bridgehead atoms. The molecule has 1 atom stereocenters. The monoisotopic (exact) mass is 254 g/mol. The second kappa shape index (κ2) is 5.06. The molecule has 1 aliphatic carbocycles. The number of methoxy groups -OCH3 is 1. The largest absolute Gasteiger partial charge is 0.496 e. The molecule has 1 aliphatic rings. The highest BCUT2D eigenvalue weighted by molar-refractivity contribution is 5.71. The van der Waals surface area contributed by atoms with E-state index in [0.29, 0.717) is 0 Å². The Balaban J connectivity index is 2.07. The van der Waals surface area contributed by atoms with Crippen molar-refractivity contribution in [3.8, 4) is 16.9 Å². The van der Waals surface area contributed by atoms with Crippen LogP contribution in [0.25, 0.3) is 11.1 Å². The van der Waals surface area contributed by atoms with E-state index in [0.717, 1.165) is 41.7 Å². The maximum atomic E-state index is 10.00. The SMILES string of the molecule is COc1ccccc1-c1ccc2c(c1)CCCC2O. The van der Waals surface area contributed by atoms with Gasteiger partial charge >= 0.3 is 0 Å². The fraction of sp³-hybridized carbons (Fsp3) is 0.294. The molecule has 1 unspecified atom stereocenters. The Bertz CT molecular complexity index is 590. The average Bonchev–Trinajstić information content (AvgIpc) is 2.47. The summed E-state index contributed by atoms with van der Waals surface area (Å²) in [5.74, 6) is 0.888. The van der Waals surface area contributed by atoms with Crippen LogP contribution in [-0.2, 0) is 6.42 Å². The molecule has 0 amide bonds. The minimum absolute atomic E-state index is 0.296. The molecule has 2 aromatic rings. The summed E-state index contributed by atoms with van der Waals surface area (Å²) in [6, 6.07) is 14.4. The number of hydrogen-bond donors (Lipinski definition) is 1. The van der Waals surface area contributed by atoms with Gasteiger partial charge in [0.1, 0.15) is 5.75 Å². The van der Waals surface area contributed by atoms with Crippen molar-refractivity contribution in [2.45, 2.75) is 25.4 Å². The van der Waals surface area contributed by atoms with E-state index in [4.69, 9.17) is 4.74 Å².